The van der Waals surface area contributed by atoms with Gasteiger partial charge in [-0.3, -0.25) is 4.90 Å². The first kappa shape index (κ1) is 11.9. The Morgan fingerprint density at radius 2 is 2.28 bits per heavy atom. The van der Waals surface area contributed by atoms with E-state index in [0.29, 0.717) is 6.04 Å². The first-order valence-corrected chi connectivity index (χ1v) is 7.40. The Bertz CT molecular complexity index is 513. The molecule has 0 amide bonds. The number of benzene rings is 1. The summed E-state index contributed by atoms with van der Waals surface area (Å²) in [5, 5.41) is 1.28. The average molecular weight is 258 g/mol. The summed E-state index contributed by atoms with van der Waals surface area (Å²) in [6.45, 7) is 6.01. The number of nitrogens with zero attached hydrogens (tertiary/aromatic N) is 2. The predicted molar refractivity (Wildman–Crippen MR) is 78.0 cm³/mol. The predicted octanol–water partition coefficient (Wildman–Crippen LogP) is 4.01. The van der Waals surface area contributed by atoms with Crippen molar-refractivity contribution in [1.82, 2.24) is 9.88 Å². The molecule has 1 aliphatic heterocycles. The molecule has 2 nitrogen and oxygen atoms in total. The lowest BCUT2D eigenvalue weighted by molar-refractivity contribution is 0.166. The van der Waals surface area contributed by atoms with Crippen LogP contribution in [-0.4, -0.2) is 23.0 Å². The highest BCUT2D eigenvalue weighted by molar-refractivity contribution is 7.18. The molecule has 0 N–H and O–H groups in total. The van der Waals surface area contributed by atoms with Crippen LogP contribution in [0.1, 0.15) is 30.3 Å². The first-order valence-electron chi connectivity index (χ1n) is 6.59. The van der Waals surface area contributed by atoms with E-state index < -0.39 is 0 Å². The molecule has 1 saturated heterocycles. The SMILES string of the molecule is C=CCN1CCCCC1c1nc2ccccc2s1. The molecular formula is C15H18N2S. The Hall–Kier alpha value is -1.19. The minimum atomic E-state index is 0.495. The molecule has 18 heavy (non-hydrogen) atoms. The Morgan fingerprint density at radius 1 is 1.39 bits per heavy atom. The van der Waals surface area contributed by atoms with Crippen LogP contribution in [0.15, 0.2) is 36.9 Å². The first-order chi connectivity index (χ1) is 8.88. The van der Waals surface area contributed by atoms with Crippen molar-refractivity contribution in [1.29, 1.82) is 0 Å². The van der Waals surface area contributed by atoms with Crippen molar-refractivity contribution < 1.29 is 0 Å². The molecule has 0 spiro atoms. The lowest BCUT2D eigenvalue weighted by Crippen LogP contribution is -2.33. The second-order valence-corrected chi connectivity index (χ2v) is 5.88. The number of thiazole rings is 1. The zero-order valence-corrected chi connectivity index (χ0v) is 11.3. The third-order valence-electron chi connectivity index (χ3n) is 3.57. The number of fused-ring (bicyclic) bond motifs is 1. The molecule has 94 valence electrons. The van der Waals surface area contributed by atoms with Gasteiger partial charge in [-0.25, -0.2) is 4.98 Å². The van der Waals surface area contributed by atoms with Gasteiger partial charge in [0.05, 0.1) is 16.3 Å². The normalized spacial score (nSPS) is 21.2. The molecule has 3 heteroatoms. The van der Waals surface area contributed by atoms with Crippen molar-refractivity contribution in [2.24, 2.45) is 0 Å². The van der Waals surface area contributed by atoms with E-state index in [2.05, 4.69) is 35.7 Å². The summed E-state index contributed by atoms with van der Waals surface area (Å²) in [6, 6.07) is 8.92. The van der Waals surface area contributed by atoms with Gasteiger partial charge < -0.3 is 0 Å². The van der Waals surface area contributed by atoms with Gasteiger partial charge >= 0.3 is 0 Å². The number of hydrogen-bond donors (Lipinski definition) is 0. The smallest absolute Gasteiger partial charge is 0.111 e. The molecule has 1 unspecified atom stereocenters. The fourth-order valence-corrected chi connectivity index (χ4v) is 3.82. The van der Waals surface area contributed by atoms with Crippen molar-refractivity contribution >= 4 is 21.6 Å². The molecule has 2 aromatic rings. The molecule has 1 fully saturated rings. The molecule has 1 aromatic heterocycles. The zero-order valence-electron chi connectivity index (χ0n) is 10.5. The standard InChI is InChI=1S/C15H18N2S/c1-2-10-17-11-6-5-8-13(17)15-16-12-7-3-4-9-14(12)18-15/h2-4,7,9,13H,1,5-6,8,10-11H2. The Morgan fingerprint density at radius 3 is 3.11 bits per heavy atom. The third-order valence-corrected chi connectivity index (χ3v) is 4.71. The Balaban J connectivity index is 1.93. The summed E-state index contributed by atoms with van der Waals surface area (Å²) >= 11 is 1.85. The van der Waals surface area contributed by atoms with Crippen molar-refractivity contribution in [2.45, 2.75) is 25.3 Å². The van der Waals surface area contributed by atoms with Gasteiger partial charge in [0.1, 0.15) is 5.01 Å². The maximum atomic E-state index is 4.81. The van der Waals surface area contributed by atoms with Crippen molar-refractivity contribution in [3.63, 3.8) is 0 Å². The van der Waals surface area contributed by atoms with Crippen LogP contribution in [0.3, 0.4) is 0 Å². The topological polar surface area (TPSA) is 16.1 Å². The molecule has 0 bridgehead atoms. The summed E-state index contributed by atoms with van der Waals surface area (Å²) in [6.07, 6.45) is 5.85. The van der Waals surface area contributed by atoms with Crippen molar-refractivity contribution in [3.8, 4) is 0 Å². The Kier molecular flexibility index (Phi) is 3.43. The largest absolute Gasteiger partial charge is 0.290 e. The molecule has 1 aliphatic rings. The van der Waals surface area contributed by atoms with E-state index in [1.54, 1.807) is 0 Å². The van der Waals surface area contributed by atoms with Crippen LogP contribution in [0, 0.1) is 0 Å². The van der Waals surface area contributed by atoms with Crippen LogP contribution in [0.25, 0.3) is 10.2 Å². The molecular weight excluding hydrogens is 240 g/mol. The second kappa shape index (κ2) is 5.21. The minimum absolute atomic E-state index is 0.495. The summed E-state index contributed by atoms with van der Waals surface area (Å²) in [4.78, 5) is 7.32. The average Bonchev–Trinajstić information content (AvgIpc) is 2.83. The summed E-state index contributed by atoms with van der Waals surface area (Å²) in [5.41, 5.74) is 1.14. The van der Waals surface area contributed by atoms with Crippen LogP contribution in [-0.2, 0) is 0 Å². The van der Waals surface area contributed by atoms with E-state index in [0.717, 1.165) is 12.1 Å². The summed E-state index contributed by atoms with van der Waals surface area (Å²) < 4.78 is 1.30. The summed E-state index contributed by atoms with van der Waals surface area (Å²) in [5.74, 6) is 0. The fraction of sp³-hybridized carbons (Fsp3) is 0.400. The van der Waals surface area contributed by atoms with Gasteiger partial charge in [0.2, 0.25) is 0 Å². The van der Waals surface area contributed by atoms with Gasteiger partial charge in [-0.15, -0.1) is 17.9 Å². The van der Waals surface area contributed by atoms with Crippen LogP contribution < -0.4 is 0 Å². The van der Waals surface area contributed by atoms with Crippen LogP contribution in [0.4, 0.5) is 0 Å². The third kappa shape index (κ3) is 2.20. The summed E-state index contributed by atoms with van der Waals surface area (Å²) in [7, 11) is 0. The van der Waals surface area contributed by atoms with Gasteiger partial charge in [0.15, 0.2) is 0 Å². The number of piperidine rings is 1. The highest BCUT2D eigenvalue weighted by Crippen LogP contribution is 2.35. The van der Waals surface area contributed by atoms with Gasteiger partial charge in [-0.05, 0) is 31.5 Å². The van der Waals surface area contributed by atoms with E-state index in [9.17, 15) is 0 Å². The van der Waals surface area contributed by atoms with E-state index in [1.165, 1.54) is 35.5 Å². The lowest BCUT2D eigenvalue weighted by atomic mass is 10.0. The quantitative estimate of drug-likeness (QED) is 0.773. The van der Waals surface area contributed by atoms with Crippen molar-refractivity contribution in [2.75, 3.05) is 13.1 Å². The minimum Gasteiger partial charge on any atom is -0.290 e. The molecule has 0 radical (unpaired) electrons. The van der Waals surface area contributed by atoms with E-state index in [4.69, 9.17) is 4.98 Å². The molecule has 0 aliphatic carbocycles. The second-order valence-electron chi connectivity index (χ2n) is 4.82. The van der Waals surface area contributed by atoms with Gasteiger partial charge in [-0.2, -0.15) is 0 Å². The number of para-hydroxylation sites is 1. The number of hydrogen-bond acceptors (Lipinski definition) is 3. The molecule has 2 heterocycles. The van der Waals surface area contributed by atoms with Gasteiger partial charge in [0, 0.05) is 6.54 Å². The van der Waals surface area contributed by atoms with E-state index in [-0.39, 0.29) is 0 Å². The maximum Gasteiger partial charge on any atom is 0.111 e. The molecule has 1 aromatic carbocycles. The molecule has 1 atom stereocenters. The van der Waals surface area contributed by atoms with E-state index >= 15 is 0 Å². The Labute approximate surface area is 112 Å². The van der Waals surface area contributed by atoms with Gasteiger partial charge in [0.25, 0.3) is 0 Å². The molecule has 0 saturated carbocycles. The van der Waals surface area contributed by atoms with E-state index in [1.807, 2.05) is 17.4 Å². The van der Waals surface area contributed by atoms with Crippen LogP contribution in [0.5, 0.6) is 0 Å². The number of rotatable bonds is 3. The highest BCUT2D eigenvalue weighted by atomic mass is 32.1. The fourth-order valence-electron chi connectivity index (χ4n) is 2.69. The maximum absolute atomic E-state index is 4.81. The van der Waals surface area contributed by atoms with Crippen LogP contribution >= 0.6 is 11.3 Å². The lowest BCUT2D eigenvalue weighted by Gasteiger charge is -2.33. The van der Waals surface area contributed by atoms with Gasteiger partial charge in [-0.1, -0.05) is 24.6 Å². The number of likely N-dealkylation sites (tertiary alicyclic amines) is 1. The molecule has 3 rings (SSSR count). The monoisotopic (exact) mass is 258 g/mol. The highest BCUT2D eigenvalue weighted by Gasteiger charge is 2.25. The number of aromatic nitrogens is 1. The zero-order chi connectivity index (χ0) is 12.4. The van der Waals surface area contributed by atoms with Crippen LogP contribution in [0.2, 0.25) is 0 Å². The van der Waals surface area contributed by atoms with Crippen molar-refractivity contribution in [3.05, 3.63) is 41.9 Å².